The Labute approximate surface area is 339 Å². The second kappa shape index (κ2) is 21.6. The molecular formula is C46H60CoN2O6. The average molecular weight is 796 g/mol. The Morgan fingerprint density at radius 2 is 0.945 bits per heavy atom. The maximum absolute atomic E-state index is 11.4. The standard InChI is InChI=1S/C42H54N2O2.2C2H4O2.Co/c1-27(2)15-17-29-19-33(39(45)35(21-29)41(5,6)7)25-43-37-23-31-13-11-12-14-32(31)24-38(37)44-26-34-20-30(18-16-28(3)4)22-36(40(34)46)42(8,9)10;2*1-2(3)4;/h11-14,19-28,45-46H,15-18H2,1-10H3;2*1H3,(H,3,4);/q;;;+2/p-2. The van der Waals surface area contributed by atoms with E-state index in [-0.39, 0.29) is 39.1 Å². The molecule has 9 heteroatoms. The van der Waals surface area contributed by atoms with Crippen LogP contribution in [0.15, 0.2) is 70.6 Å². The Balaban J connectivity index is 0.00000153. The van der Waals surface area contributed by atoms with Gasteiger partial charge in [0, 0.05) is 46.6 Å². The molecule has 0 amide bonds. The first kappa shape index (κ1) is 48.5. The van der Waals surface area contributed by atoms with E-state index >= 15 is 0 Å². The van der Waals surface area contributed by atoms with E-state index in [1.54, 1.807) is 12.4 Å². The van der Waals surface area contributed by atoms with Gasteiger partial charge in [-0.25, -0.2) is 0 Å². The van der Waals surface area contributed by atoms with Crippen molar-refractivity contribution in [2.75, 3.05) is 0 Å². The summed E-state index contributed by atoms with van der Waals surface area (Å²) in [4.78, 5) is 27.7. The number of phenolic OH excluding ortho intramolecular Hbond substituents is 2. The van der Waals surface area contributed by atoms with Gasteiger partial charge >= 0.3 is 16.8 Å². The van der Waals surface area contributed by atoms with Crippen LogP contribution in [0.4, 0.5) is 11.4 Å². The minimum absolute atomic E-state index is 0. The zero-order valence-corrected chi connectivity index (χ0v) is 35.7. The molecule has 0 atom stereocenters. The molecule has 0 spiro atoms. The number of aryl methyl sites for hydroxylation is 2. The maximum atomic E-state index is 11.4. The van der Waals surface area contributed by atoms with Crippen LogP contribution in [-0.2, 0) is 50.0 Å². The van der Waals surface area contributed by atoms with Crippen LogP contribution in [0.1, 0.15) is 129 Å². The molecule has 299 valence electrons. The van der Waals surface area contributed by atoms with Crippen molar-refractivity contribution in [3.8, 4) is 11.5 Å². The van der Waals surface area contributed by atoms with Gasteiger partial charge in [-0.15, -0.1) is 0 Å². The van der Waals surface area contributed by atoms with E-state index in [9.17, 15) is 10.2 Å². The summed E-state index contributed by atoms with van der Waals surface area (Å²) in [6.45, 7) is 23.7. The summed E-state index contributed by atoms with van der Waals surface area (Å²) >= 11 is 0. The summed E-state index contributed by atoms with van der Waals surface area (Å²) in [6, 6.07) is 20.7. The Morgan fingerprint density at radius 3 is 1.22 bits per heavy atom. The number of nitrogens with zero attached hydrogens (tertiary/aromatic N) is 2. The van der Waals surface area contributed by atoms with Gasteiger partial charge in [0.25, 0.3) is 0 Å². The molecule has 0 unspecified atom stereocenters. The molecule has 0 aliphatic rings. The number of hydrogen-bond donors (Lipinski definition) is 2. The van der Waals surface area contributed by atoms with E-state index in [1.165, 1.54) is 11.1 Å². The molecule has 8 nitrogen and oxygen atoms in total. The number of phenols is 2. The van der Waals surface area contributed by atoms with Gasteiger partial charge in [-0.3, -0.25) is 9.98 Å². The van der Waals surface area contributed by atoms with Crippen molar-refractivity contribution in [3.63, 3.8) is 0 Å². The molecule has 2 N–H and O–H groups in total. The Hall–Kier alpha value is -4.47. The molecule has 4 aromatic rings. The molecule has 0 aromatic heterocycles. The number of carboxylic acid groups (broad SMARTS) is 2. The molecule has 4 aromatic carbocycles. The number of carbonyl (C=O) groups is 2. The van der Waals surface area contributed by atoms with Crippen LogP contribution in [0.25, 0.3) is 10.8 Å². The fourth-order valence-electron chi connectivity index (χ4n) is 5.68. The number of carboxylic acids is 2. The Bertz CT molecular complexity index is 1800. The third-order valence-corrected chi connectivity index (χ3v) is 8.56. The Kier molecular flexibility index (Phi) is 19.0. The minimum atomic E-state index is -1.08. The van der Waals surface area contributed by atoms with E-state index < -0.39 is 11.9 Å². The van der Waals surface area contributed by atoms with Crippen molar-refractivity contribution >= 4 is 46.5 Å². The number of fused-ring (bicyclic) bond motifs is 1. The third-order valence-electron chi connectivity index (χ3n) is 8.56. The molecule has 1 radical (unpaired) electrons. The minimum Gasteiger partial charge on any atom is -0.550 e. The number of aliphatic carboxylic acids is 2. The number of aromatic hydroxyl groups is 2. The van der Waals surface area contributed by atoms with Gasteiger partial charge in [0.1, 0.15) is 11.5 Å². The number of carbonyl (C=O) groups excluding carboxylic acids is 2. The van der Waals surface area contributed by atoms with Crippen LogP contribution in [-0.4, -0.2) is 34.6 Å². The molecule has 0 saturated heterocycles. The fraction of sp³-hybridized carbons (Fsp3) is 0.435. The molecule has 0 aliphatic carbocycles. The summed E-state index contributed by atoms with van der Waals surface area (Å²) < 4.78 is 0. The number of aliphatic imine (C=N–C) groups is 2. The third kappa shape index (κ3) is 16.4. The molecule has 0 bridgehead atoms. The van der Waals surface area contributed by atoms with Crippen molar-refractivity contribution < 1.29 is 46.8 Å². The molecule has 55 heavy (non-hydrogen) atoms. The van der Waals surface area contributed by atoms with Gasteiger partial charge in [-0.05, 0) is 108 Å². The number of rotatable bonds is 10. The van der Waals surface area contributed by atoms with Crippen molar-refractivity contribution in [1.29, 1.82) is 0 Å². The first-order valence-corrected chi connectivity index (χ1v) is 18.7. The van der Waals surface area contributed by atoms with Crippen LogP contribution in [0.5, 0.6) is 11.5 Å². The second-order valence-corrected chi connectivity index (χ2v) is 16.7. The smallest absolute Gasteiger partial charge is 0.550 e. The van der Waals surface area contributed by atoms with Crippen molar-refractivity contribution in [1.82, 2.24) is 0 Å². The quantitative estimate of drug-likeness (QED) is 0.153. The molecule has 0 heterocycles. The zero-order valence-electron chi connectivity index (χ0n) is 34.7. The van der Waals surface area contributed by atoms with E-state index in [1.807, 2.05) is 24.3 Å². The average Bonchev–Trinajstić information content (AvgIpc) is 3.04. The predicted molar refractivity (Wildman–Crippen MR) is 220 cm³/mol. The molecule has 0 fully saturated rings. The first-order chi connectivity index (χ1) is 25.0. The molecule has 4 rings (SSSR count). The maximum Gasteiger partial charge on any atom is 2.00 e. The summed E-state index contributed by atoms with van der Waals surface area (Å²) in [5.74, 6) is -0.435. The van der Waals surface area contributed by atoms with E-state index in [4.69, 9.17) is 29.8 Å². The van der Waals surface area contributed by atoms with Crippen LogP contribution < -0.4 is 10.2 Å². The predicted octanol–water partition coefficient (Wildman–Crippen LogP) is 9.03. The SMILES string of the molecule is CC(=O)[O-].CC(=O)[O-].CC(C)CCc1cc(C=Nc2cc3ccccc3cc2N=Cc2cc(CCC(C)C)cc(C(C)(C)C)c2O)c(O)c(C(C)(C)C)c1.[Co+2]. The van der Waals surface area contributed by atoms with E-state index in [0.717, 1.165) is 61.4 Å². The van der Waals surface area contributed by atoms with Crippen LogP contribution in [0.2, 0.25) is 0 Å². The van der Waals surface area contributed by atoms with Crippen LogP contribution in [0, 0.1) is 11.8 Å². The van der Waals surface area contributed by atoms with Crippen molar-refractivity contribution in [2.24, 2.45) is 21.8 Å². The molecular weight excluding hydrogens is 735 g/mol. The normalized spacial score (nSPS) is 11.7. The largest absolute Gasteiger partial charge is 2.00 e. The van der Waals surface area contributed by atoms with Gasteiger partial charge in [-0.2, -0.15) is 0 Å². The monoisotopic (exact) mass is 795 g/mol. The summed E-state index contributed by atoms with van der Waals surface area (Å²) in [6.07, 6.45) is 7.60. The summed E-state index contributed by atoms with van der Waals surface area (Å²) in [5, 5.41) is 42.7. The van der Waals surface area contributed by atoms with Gasteiger partial charge in [0.15, 0.2) is 0 Å². The van der Waals surface area contributed by atoms with Crippen LogP contribution in [0.3, 0.4) is 0 Å². The van der Waals surface area contributed by atoms with E-state index in [2.05, 4.69) is 106 Å². The van der Waals surface area contributed by atoms with Gasteiger partial charge in [0.05, 0.1) is 11.4 Å². The first-order valence-electron chi connectivity index (χ1n) is 18.7. The zero-order chi connectivity index (χ0) is 41.0. The number of hydrogen-bond acceptors (Lipinski definition) is 8. The Morgan fingerprint density at radius 1 is 0.636 bits per heavy atom. The molecule has 0 aliphatic heterocycles. The molecule has 0 saturated carbocycles. The number of benzene rings is 4. The topological polar surface area (TPSA) is 145 Å². The van der Waals surface area contributed by atoms with Gasteiger partial charge < -0.3 is 30.0 Å². The van der Waals surface area contributed by atoms with Gasteiger partial charge in [-0.1, -0.05) is 106 Å². The van der Waals surface area contributed by atoms with Crippen molar-refractivity contribution in [2.45, 2.75) is 120 Å². The summed E-state index contributed by atoms with van der Waals surface area (Å²) in [7, 11) is 0. The second-order valence-electron chi connectivity index (χ2n) is 16.7. The van der Waals surface area contributed by atoms with Crippen molar-refractivity contribution in [3.05, 3.63) is 94.0 Å². The summed E-state index contributed by atoms with van der Waals surface area (Å²) in [5.41, 5.74) is 6.65. The van der Waals surface area contributed by atoms with Crippen LogP contribution >= 0.6 is 0 Å². The van der Waals surface area contributed by atoms with E-state index in [0.29, 0.717) is 34.3 Å². The van der Waals surface area contributed by atoms with Gasteiger partial charge in [0.2, 0.25) is 0 Å². The fourth-order valence-corrected chi connectivity index (χ4v) is 5.68.